The summed E-state index contributed by atoms with van der Waals surface area (Å²) in [5.41, 5.74) is 9.80. The fraction of sp³-hybridized carbons (Fsp3) is 0.136. The molecular formula is C22H20N8O2. The van der Waals surface area contributed by atoms with Gasteiger partial charge in [0.25, 0.3) is 5.91 Å². The number of ether oxygens (including phenoxy) is 1. The Morgan fingerprint density at radius 1 is 1.22 bits per heavy atom. The van der Waals surface area contributed by atoms with Crippen molar-refractivity contribution in [1.82, 2.24) is 35.3 Å². The van der Waals surface area contributed by atoms with Crippen LogP contribution >= 0.6 is 0 Å². The first-order valence-corrected chi connectivity index (χ1v) is 9.97. The number of carbonyl (C=O) groups excluding carboxylic acids is 1. The van der Waals surface area contributed by atoms with Crippen LogP contribution < -0.4 is 15.8 Å². The number of H-pyrrole nitrogens is 1. The minimum absolute atomic E-state index is 0.262. The lowest BCUT2D eigenvalue weighted by molar-refractivity contribution is 0.0947. The number of fused-ring (bicyclic) bond motifs is 3. The van der Waals surface area contributed by atoms with Crippen LogP contribution in [0.1, 0.15) is 10.5 Å². The van der Waals surface area contributed by atoms with Crippen LogP contribution in [0.5, 0.6) is 5.75 Å². The van der Waals surface area contributed by atoms with Gasteiger partial charge in [-0.1, -0.05) is 12.1 Å². The van der Waals surface area contributed by atoms with Crippen molar-refractivity contribution in [3.8, 4) is 17.0 Å². The molecule has 0 radical (unpaired) electrons. The van der Waals surface area contributed by atoms with E-state index in [0.29, 0.717) is 35.9 Å². The van der Waals surface area contributed by atoms with E-state index in [0.717, 1.165) is 27.5 Å². The molecule has 10 nitrogen and oxygen atoms in total. The number of rotatable bonds is 6. The summed E-state index contributed by atoms with van der Waals surface area (Å²) in [5, 5.41) is 16.2. The Bertz CT molecular complexity index is 1410. The van der Waals surface area contributed by atoms with Crippen LogP contribution in [0, 0.1) is 0 Å². The van der Waals surface area contributed by atoms with Gasteiger partial charge in [-0.25, -0.2) is 9.97 Å². The number of carbonyl (C=O) groups is 1. The summed E-state index contributed by atoms with van der Waals surface area (Å²) in [6.07, 6.45) is 5.13. The fourth-order valence-electron chi connectivity index (χ4n) is 3.55. The van der Waals surface area contributed by atoms with Crippen LogP contribution in [0.2, 0.25) is 0 Å². The van der Waals surface area contributed by atoms with E-state index >= 15 is 0 Å². The number of hydrogen-bond donors (Lipinski definition) is 3. The summed E-state index contributed by atoms with van der Waals surface area (Å²) in [6.45, 7) is 0.861. The zero-order valence-electron chi connectivity index (χ0n) is 17.2. The van der Waals surface area contributed by atoms with E-state index in [-0.39, 0.29) is 5.91 Å². The Morgan fingerprint density at radius 3 is 2.88 bits per heavy atom. The van der Waals surface area contributed by atoms with Crippen LogP contribution in [-0.4, -0.2) is 49.5 Å². The van der Waals surface area contributed by atoms with E-state index in [1.807, 2.05) is 30.5 Å². The molecule has 10 heteroatoms. The highest BCUT2D eigenvalue weighted by molar-refractivity contribution is 6.08. The number of pyridine rings is 2. The number of anilines is 1. The van der Waals surface area contributed by atoms with Crippen LogP contribution in [-0.2, 0) is 6.54 Å². The summed E-state index contributed by atoms with van der Waals surface area (Å²) >= 11 is 0. The Hall–Kier alpha value is -4.47. The minimum Gasteiger partial charge on any atom is -0.495 e. The van der Waals surface area contributed by atoms with Crippen molar-refractivity contribution < 1.29 is 9.53 Å². The van der Waals surface area contributed by atoms with Gasteiger partial charge < -0.3 is 15.8 Å². The first kappa shape index (κ1) is 19.5. The predicted octanol–water partition coefficient (Wildman–Crippen LogP) is 2.39. The molecule has 0 saturated heterocycles. The van der Waals surface area contributed by atoms with Crippen LogP contribution in [0.25, 0.3) is 33.1 Å². The van der Waals surface area contributed by atoms with Crippen LogP contribution in [0.15, 0.2) is 55.0 Å². The number of amides is 1. The smallest absolute Gasteiger partial charge is 0.269 e. The minimum atomic E-state index is -0.262. The largest absolute Gasteiger partial charge is 0.495 e. The van der Waals surface area contributed by atoms with E-state index in [1.165, 1.54) is 6.20 Å². The number of nitrogens with two attached hydrogens (primary N) is 1. The molecule has 0 spiro atoms. The quantitative estimate of drug-likeness (QED) is 0.378. The second-order valence-corrected chi connectivity index (χ2v) is 7.19. The molecule has 1 aromatic carbocycles. The second kappa shape index (κ2) is 7.99. The first-order chi connectivity index (χ1) is 15.6. The Balaban J connectivity index is 1.35. The van der Waals surface area contributed by atoms with Crippen molar-refractivity contribution in [3.63, 3.8) is 0 Å². The number of hydrogen-bond acceptors (Lipinski definition) is 7. The highest BCUT2D eigenvalue weighted by Crippen LogP contribution is 2.29. The molecule has 0 aliphatic rings. The van der Waals surface area contributed by atoms with E-state index in [2.05, 4.69) is 30.6 Å². The Labute approximate surface area is 182 Å². The normalized spacial score (nSPS) is 11.2. The monoisotopic (exact) mass is 428 g/mol. The SMILES string of the molecule is COc1ccc(C(=O)NCCn2cc3c(n2)c(N)nc2cc(-c4ccn[nH]4)ccc23)nc1. The van der Waals surface area contributed by atoms with Gasteiger partial charge in [0.2, 0.25) is 0 Å². The molecule has 5 aromatic rings. The lowest BCUT2D eigenvalue weighted by Gasteiger charge is -2.05. The van der Waals surface area contributed by atoms with Gasteiger partial charge in [-0.3, -0.25) is 14.6 Å². The number of methoxy groups -OCH3 is 1. The third kappa shape index (κ3) is 3.58. The molecule has 0 aliphatic heterocycles. The standard InChI is InChI=1S/C22H20N8O2/c1-32-14-3-5-18(25-11-14)22(31)24-8-9-30-12-16-15-4-2-13(17-6-7-26-28-17)10-19(15)27-21(23)20(16)29-30/h2-7,10-12H,8-9H2,1H3,(H2,23,27)(H,24,31)(H,26,28). The van der Waals surface area contributed by atoms with Crippen molar-refractivity contribution in [1.29, 1.82) is 0 Å². The molecule has 1 amide bonds. The van der Waals surface area contributed by atoms with Crippen molar-refractivity contribution in [3.05, 3.63) is 60.7 Å². The van der Waals surface area contributed by atoms with Gasteiger partial charge in [-0.05, 0) is 24.3 Å². The highest BCUT2D eigenvalue weighted by atomic mass is 16.5. The topological polar surface area (TPSA) is 137 Å². The maximum Gasteiger partial charge on any atom is 0.269 e. The molecule has 0 bridgehead atoms. The van der Waals surface area contributed by atoms with E-state index in [9.17, 15) is 4.79 Å². The van der Waals surface area contributed by atoms with Crippen molar-refractivity contribution >= 4 is 33.5 Å². The fourth-order valence-corrected chi connectivity index (χ4v) is 3.55. The third-order valence-electron chi connectivity index (χ3n) is 5.18. The average molecular weight is 428 g/mol. The molecule has 4 N–H and O–H groups in total. The maximum atomic E-state index is 12.3. The molecule has 0 aliphatic carbocycles. The van der Waals surface area contributed by atoms with Gasteiger partial charge in [0.15, 0.2) is 5.82 Å². The van der Waals surface area contributed by atoms with E-state index in [1.54, 1.807) is 30.1 Å². The zero-order valence-corrected chi connectivity index (χ0v) is 17.2. The van der Waals surface area contributed by atoms with Gasteiger partial charge >= 0.3 is 0 Å². The first-order valence-electron chi connectivity index (χ1n) is 9.97. The number of nitrogens with one attached hydrogen (secondary N) is 2. The lowest BCUT2D eigenvalue weighted by Crippen LogP contribution is -2.28. The van der Waals surface area contributed by atoms with Gasteiger partial charge in [-0.15, -0.1) is 0 Å². The Kier molecular flexibility index (Phi) is 4.86. The molecule has 0 saturated carbocycles. The van der Waals surface area contributed by atoms with Gasteiger partial charge in [-0.2, -0.15) is 10.2 Å². The highest BCUT2D eigenvalue weighted by Gasteiger charge is 2.13. The molecule has 4 aromatic heterocycles. The van der Waals surface area contributed by atoms with Gasteiger partial charge in [0.05, 0.1) is 31.1 Å². The maximum absolute atomic E-state index is 12.3. The van der Waals surface area contributed by atoms with Crippen LogP contribution in [0.4, 0.5) is 5.82 Å². The summed E-state index contributed by atoms with van der Waals surface area (Å²) in [4.78, 5) is 20.9. The number of aromatic amines is 1. The zero-order chi connectivity index (χ0) is 22.1. The predicted molar refractivity (Wildman–Crippen MR) is 120 cm³/mol. The second-order valence-electron chi connectivity index (χ2n) is 7.19. The molecule has 32 heavy (non-hydrogen) atoms. The van der Waals surface area contributed by atoms with Crippen LogP contribution in [0.3, 0.4) is 0 Å². The lowest BCUT2D eigenvalue weighted by atomic mass is 10.1. The Morgan fingerprint density at radius 2 is 2.12 bits per heavy atom. The molecule has 5 rings (SSSR count). The summed E-state index contributed by atoms with van der Waals surface area (Å²) in [6, 6.07) is 11.2. The molecule has 0 atom stereocenters. The number of nitrogens with zero attached hydrogens (tertiary/aromatic N) is 5. The molecule has 0 unspecified atom stereocenters. The number of nitrogen functional groups attached to an aromatic ring is 1. The third-order valence-corrected chi connectivity index (χ3v) is 5.18. The van der Waals surface area contributed by atoms with Crippen molar-refractivity contribution in [2.24, 2.45) is 0 Å². The summed E-state index contributed by atoms with van der Waals surface area (Å²) < 4.78 is 6.81. The van der Waals surface area contributed by atoms with E-state index < -0.39 is 0 Å². The molecule has 160 valence electrons. The average Bonchev–Trinajstić information content (AvgIpc) is 3.50. The summed E-state index contributed by atoms with van der Waals surface area (Å²) in [7, 11) is 1.55. The summed E-state index contributed by atoms with van der Waals surface area (Å²) in [5.74, 6) is 0.696. The molecule has 4 heterocycles. The van der Waals surface area contributed by atoms with Gasteiger partial charge in [0.1, 0.15) is 17.0 Å². The van der Waals surface area contributed by atoms with E-state index in [4.69, 9.17) is 10.5 Å². The van der Waals surface area contributed by atoms with Gasteiger partial charge in [0, 0.05) is 35.3 Å². The molecule has 0 fully saturated rings. The van der Waals surface area contributed by atoms with Crippen molar-refractivity contribution in [2.45, 2.75) is 6.54 Å². The number of aromatic nitrogens is 6. The molecular weight excluding hydrogens is 408 g/mol. The number of benzene rings is 1. The van der Waals surface area contributed by atoms with Crippen molar-refractivity contribution in [2.75, 3.05) is 19.4 Å².